The fourth-order valence-electron chi connectivity index (χ4n) is 1.43. The molecule has 0 bridgehead atoms. The minimum Gasteiger partial charge on any atom is -0.469 e. The van der Waals surface area contributed by atoms with Gasteiger partial charge in [0.05, 0.1) is 11.8 Å². The van der Waals surface area contributed by atoms with Crippen LogP contribution in [-0.4, -0.2) is 17.5 Å². The summed E-state index contributed by atoms with van der Waals surface area (Å²) in [6.45, 7) is 5.64. The van der Waals surface area contributed by atoms with Gasteiger partial charge in [-0.1, -0.05) is 6.92 Å². The lowest BCUT2D eigenvalue weighted by Gasteiger charge is -2.24. The molecule has 0 saturated carbocycles. The third kappa shape index (κ3) is 4.23. The molecule has 4 nitrogen and oxygen atoms in total. The van der Waals surface area contributed by atoms with Gasteiger partial charge in [-0.2, -0.15) is 0 Å². The molecule has 3 N–H and O–H groups in total. The summed E-state index contributed by atoms with van der Waals surface area (Å²) in [5.41, 5.74) is 5.09. The highest BCUT2D eigenvalue weighted by Gasteiger charge is 2.26. The SMILES string of the molecule is CCC(C)(N)C(=O)NC(C)CCc1ccco1. The lowest BCUT2D eigenvalue weighted by atomic mass is 9.98. The number of furan rings is 1. The van der Waals surface area contributed by atoms with E-state index in [0.717, 1.165) is 18.6 Å². The molecular formula is C13H22N2O2. The standard InChI is InChI=1S/C13H22N2O2/c1-4-13(3,14)12(16)15-10(2)7-8-11-6-5-9-17-11/h5-6,9-10H,4,7-8,14H2,1-3H3,(H,15,16). The number of hydrogen-bond acceptors (Lipinski definition) is 3. The minimum atomic E-state index is -0.779. The van der Waals surface area contributed by atoms with Gasteiger partial charge in [0, 0.05) is 12.5 Å². The molecule has 1 aromatic rings. The Morgan fingerprint density at radius 1 is 1.65 bits per heavy atom. The van der Waals surface area contributed by atoms with Gasteiger partial charge in [0.2, 0.25) is 5.91 Å². The van der Waals surface area contributed by atoms with E-state index in [2.05, 4.69) is 5.32 Å². The highest BCUT2D eigenvalue weighted by Crippen LogP contribution is 2.08. The van der Waals surface area contributed by atoms with E-state index in [-0.39, 0.29) is 11.9 Å². The predicted octanol–water partition coefficient (Wildman–Crippen LogP) is 1.84. The van der Waals surface area contributed by atoms with E-state index in [1.807, 2.05) is 26.0 Å². The van der Waals surface area contributed by atoms with Gasteiger partial charge in [0.15, 0.2) is 0 Å². The highest BCUT2D eigenvalue weighted by molar-refractivity contribution is 5.85. The number of nitrogens with one attached hydrogen (secondary N) is 1. The van der Waals surface area contributed by atoms with Crippen molar-refractivity contribution >= 4 is 5.91 Å². The van der Waals surface area contributed by atoms with Crippen molar-refractivity contribution in [3.05, 3.63) is 24.2 Å². The Morgan fingerprint density at radius 2 is 2.35 bits per heavy atom. The van der Waals surface area contributed by atoms with Crippen molar-refractivity contribution < 1.29 is 9.21 Å². The summed E-state index contributed by atoms with van der Waals surface area (Å²) in [6, 6.07) is 3.90. The molecule has 1 rings (SSSR count). The number of carbonyl (C=O) groups excluding carboxylic acids is 1. The molecule has 1 heterocycles. The summed E-state index contributed by atoms with van der Waals surface area (Å²) in [4.78, 5) is 11.8. The molecule has 1 aromatic heterocycles. The predicted molar refractivity (Wildman–Crippen MR) is 67.5 cm³/mol. The molecule has 96 valence electrons. The summed E-state index contributed by atoms with van der Waals surface area (Å²) >= 11 is 0. The van der Waals surface area contributed by atoms with Gasteiger partial charge in [0.1, 0.15) is 5.76 Å². The number of aryl methyl sites for hydroxylation is 1. The largest absolute Gasteiger partial charge is 0.469 e. The van der Waals surface area contributed by atoms with E-state index in [9.17, 15) is 4.79 Å². The van der Waals surface area contributed by atoms with Gasteiger partial charge in [-0.05, 0) is 38.8 Å². The topological polar surface area (TPSA) is 68.3 Å². The average molecular weight is 238 g/mol. The lowest BCUT2D eigenvalue weighted by Crippen LogP contribution is -2.53. The van der Waals surface area contributed by atoms with Gasteiger partial charge in [-0.3, -0.25) is 4.79 Å². The maximum atomic E-state index is 11.8. The first-order chi connectivity index (χ1) is 7.95. The van der Waals surface area contributed by atoms with Crippen molar-refractivity contribution in [1.29, 1.82) is 0 Å². The second-order valence-electron chi connectivity index (χ2n) is 4.76. The van der Waals surface area contributed by atoms with Crippen LogP contribution >= 0.6 is 0 Å². The molecule has 0 radical (unpaired) electrons. The van der Waals surface area contributed by atoms with E-state index in [0.29, 0.717) is 6.42 Å². The van der Waals surface area contributed by atoms with Crippen molar-refractivity contribution in [3.8, 4) is 0 Å². The molecule has 2 atom stereocenters. The Labute approximate surface area is 103 Å². The first-order valence-electron chi connectivity index (χ1n) is 6.08. The normalized spacial score (nSPS) is 16.2. The molecule has 0 fully saturated rings. The quantitative estimate of drug-likeness (QED) is 0.794. The van der Waals surface area contributed by atoms with Crippen LogP contribution in [0.15, 0.2) is 22.8 Å². The van der Waals surface area contributed by atoms with Gasteiger partial charge in [-0.15, -0.1) is 0 Å². The Hall–Kier alpha value is -1.29. The monoisotopic (exact) mass is 238 g/mol. The fraction of sp³-hybridized carbons (Fsp3) is 0.615. The van der Waals surface area contributed by atoms with Crippen LogP contribution in [0.3, 0.4) is 0 Å². The first kappa shape index (κ1) is 13.8. The van der Waals surface area contributed by atoms with E-state index in [1.54, 1.807) is 13.2 Å². The van der Waals surface area contributed by atoms with Gasteiger partial charge >= 0.3 is 0 Å². The van der Waals surface area contributed by atoms with Crippen LogP contribution in [0, 0.1) is 0 Å². The minimum absolute atomic E-state index is 0.0908. The zero-order chi connectivity index (χ0) is 12.9. The summed E-state index contributed by atoms with van der Waals surface area (Å²) < 4.78 is 5.24. The summed E-state index contributed by atoms with van der Waals surface area (Å²) in [5.74, 6) is 0.851. The Kier molecular flexibility index (Phi) is 4.75. The van der Waals surface area contributed by atoms with E-state index in [4.69, 9.17) is 10.2 Å². The van der Waals surface area contributed by atoms with Crippen LogP contribution in [0.4, 0.5) is 0 Å². The molecule has 1 amide bonds. The second-order valence-corrected chi connectivity index (χ2v) is 4.76. The van der Waals surface area contributed by atoms with Crippen LogP contribution in [0.5, 0.6) is 0 Å². The lowest BCUT2D eigenvalue weighted by molar-refractivity contribution is -0.126. The van der Waals surface area contributed by atoms with Crippen molar-refractivity contribution in [2.24, 2.45) is 5.73 Å². The zero-order valence-electron chi connectivity index (χ0n) is 10.8. The van der Waals surface area contributed by atoms with Gasteiger partial charge < -0.3 is 15.5 Å². The van der Waals surface area contributed by atoms with E-state index < -0.39 is 5.54 Å². The molecule has 0 aliphatic heterocycles. The number of nitrogens with two attached hydrogens (primary N) is 1. The summed E-state index contributed by atoms with van der Waals surface area (Å²) in [5, 5.41) is 2.93. The van der Waals surface area contributed by atoms with Crippen LogP contribution in [0.2, 0.25) is 0 Å². The number of carbonyl (C=O) groups is 1. The number of rotatable bonds is 6. The summed E-state index contributed by atoms with van der Waals surface area (Å²) in [7, 11) is 0. The van der Waals surface area contributed by atoms with Crippen molar-refractivity contribution in [3.63, 3.8) is 0 Å². The average Bonchev–Trinajstić information content (AvgIpc) is 2.79. The molecule has 2 unspecified atom stereocenters. The molecule has 0 aliphatic carbocycles. The first-order valence-corrected chi connectivity index (χ1v) is 6.08. The van der Waals surface area contributed by atoms with Crippen molar-refractivity contribution in [2.45, 2.75) is 51.6 Å². The fourth-order valence-corrected chi connectivity index (χ4v) is 1.43. The van der Waals surface area contributed by atoms with E-state index >= 15 is 0 Å². The summed E-state index contributed by atoms with van der Waals surface area (Å²) in [6.07, 6.45) is 3.96. The van der Waals surface area contributed by atoms with Crippen molar-refractivity contribution in [2.75, 3.05) is 0 Å². The second kappa shape index (κ2) is 5.87. The molecule has 0 saturated heterocycles. The number of amides is 1. The third-order valence-electron chi connectivity index (χ3n) is 3.03. The van der Waals surface area contributed by atoms with Crippen molar-refractivity contribution in [1.82, 2.24) is 5.32 Å². The van der Waals surface area contributed by atoms with Crippen LogP contribution < -0.4 is 11.1 Å². The van der Waals surface area contributed by atoms with Crippen LogP contribution in [-0.2, 0) is 11.2 Å². The molecule has 0 aliphatic rings. The number of hydrogen-bond donors (Lipinski definition) is 2. The van der Waals surface area contributed by atoms with Gasteiger partial charge in [-0.25, -0.2) is 0 Å². The van der Waals surface area contributed by atoms with Gasteiger partial charge in [0.25, 0.3) is 0 Å². The molecule has 17 heavy (non-hydrogen) atoms. The van der Waals surface area contributed by atoms with Crippen LogP contribution in [0.1, 0.15) is 39.4 Å². The third-order valence-corrected chi connectivity index (χ3v) is 3.03. The Morgan fingerprint density at radius 3 is 2.88 bits per heavy atom. The maximum absolute atomic E-state index is 11.8. The molecular weight excluding hydrogens is 216 g/mol. The zero-order valence-corrected chi connectivity index (χ0v) is 10.8. The Balaban J connectivity index is 2.34. The highest BCUT2D eigenvalue weighted by atomic mass is 16.3. The van der Waals surface area contributed by atoms with E-state index in [1.165, 1.54) is 0 Å². The smallest absolute Gasteiger partial charge is 0.239 e. The molecule has 0 aromatic carbocycles. The molecule has 0 spiro atoms. The maximum Gasteiger partial charge on any atom is 0.239 e. The van der Waals surface area contributed by atoms with Crippen LogP contribution in [0.25, 0.3) is 0 Å². The molecule has 4 heteroatoms. The Bertz CT molecular complexity index is 344.